The molecule has 0 unspecified atom stereocenters. The van der Waals surface area contributed by atoms with Gasteiger partial charge >= 0.3 is 0 Å². The molecule has 0 aliphatic heterocycles. The van der Waals surface area contributed by atoms with E-state index in [4.69, 9.17) is 0 Å². The van der Waals surface area contributed by atoms with Crippen molar-refractivity contribution in [2.24, 2.45) is 0 Å². The minimum atomic E-state index is 0.0470. The standard InChI is InChI=1S/C21H26N2O/c1-23(20-10-3-2-4-11-20)15-7-14-22-21(24)19-13-12-17-8-5-6-9-18(17)16-19/h2-4,10-13,16H,5-9,14-15H2,1H3,(H,22,24). The summed E-state index contributed by atoms with van der Waals surface area (Å²) in [6, 6.07) is 16.5. The Hall–Kier alpha value is -2.29. The van der Waals surface area contributed by atoms with E-state index in [1.807, 2.05) is 24.3 Å². The SMILES string of the molecule is CN(CCCNC(=O)c1ccc2c(c1)CCCC2)c1ccccc1. The molecule has 0 aromatic heterocycles. The first kappa shape index (κ1) is 16.6. The highest BCUT2D eigenvalue weighted by molar-refractivity contribution is 5.94. The van der Waals surface area contributed by atoms with Crippen LogP contribution < -0.4 is 10.2 Å². The molecule has 0 atom stereocenters. The first-order valence-corrected chi connectivity index (χ1v) is 8.90. The second-order valence-electron chi connectivity index (χ2n) is 6.56. The Morgan fingerprint density at radius 3 is 2.58 bits per heavy atom. The number of rotatable bonds is 6. The number of benzene rings is 2. The predicted molar refractivity (Wildman–Crippen MR) is 99.7 cm³/mol. The maximum absolute atomic E-state index is 12.3. The number of nitrogens with zero attached hydrogens (tertiary/aromatic N) is 1. The molecule has 0 spiro atoms. The third-order valence-electron chi connectivity index (χ3n) is 4.76. The molecule has 3 nitrogen and oxygen atoms in total. The molecule has 1 aliphatic rings. The van der Waals surface area contributed by atoms with Gasteiger partial charge in [-0.1, -0.05) is 24.3 Å². The molecule has 1 N–H and O–H groups in total. The van der Waals surface area contributed by atoms with Gasteiger partial charge in [0.2, 0.25) is 0 Å². The molecule has 0 radical (unpaired) electrons. The molecule has 1 aliphatic carbocycles. The van der Waals surface area contributed by atoms with E-state index in [0.29, 0.717) is 6.54 Å². The summed E-state index contributed by atoms with van der Waals surface area (Å²) in [4.78, 5) is 14.5. The Morgan fingerprint density at radius 1 is 1.04 bits per heavy atom. The van der Waals surface area contributed by atoms with Crippen LogP contribution in [-0.2, 0) is 12.8 Å². The quantitative estimate of drug-likeness (QED) is 0.820. The van der Waals surface area contributed by atoms with E-state index in [1.165, 1.54) is 29.7 Å². The largest absolute Gasteiger partial charge is 0.375 e. The van der Waals surface area contributed by atoms with Gasteiger partial charge in [0, 0.05) is 31.4 Å². The Balaban J connectivity index is 1.46. The van der Waals surface area contributed by atoms with Crippen LogP contribution in [0.1, 0.15) is 40.7 Å². The van der Waals surface area contributed by atoms with Gasteiger partial charge in [0.1, 0.15) is 0 Å². The zero-order chi connectivity index (χ0) is 16.8. The monoisotopic (exact) mass is 322 g/mol. The number of carbonyl (C=O) groups is 1. The number of hydrogen-bond acceptors (Lipinski definition) is 2. The molecular weight excluding hydrogens is 296 g/mol. The van der Waals surface area contributed by atoms with Crippen molar-refractivity contribution in [2.75, 3.05) is 25.0 Å². The number of para-hydroxylation sites is 1. The molecule has 1 amide bonds. The summed E-state index contributed by atoms with van der Waals surface area (Å²) >= 11 is 0. The van der Waals surface area contributed by atoms with Crippen molar-refractivity contribution >= 4 is 11.6 Å². The smallest absolute Gasteiger partial charge is 0.251 e. The predicted octanol–water partition coefficient (Wildman–Crippen LogP) is 3.82. The molecule has 0 bridgehead atoms. The van der Waals surface area contributed by atoms with Crippen LogP contribution in [0.15, 0.2) is 48.5 Å². The van der Waals surface area contributed by atoms with E-state index in [9.17, 15) is 4.79 Å². The van der Waals surface area contributed by atoms with Crippen LogP contribution in [0.25, 0.3) is 0 Å². The van der Waals surface area contributed by atoms with Crippen molar-refractivity contribution in [2.45, 2.75) is 32.1 Å². The van der Waals surface area contributed by atoms with Crippen LogP contribution in [-0.4, -0.2) is 26.0 Å². The van der Waals surface area contributed by atoms with Crippen molar-refractivity contribution in [3.8, 4) is 0 Å². The van der Waals surface area contributed by atoms with Gasteiger partial charge in [-0.05, 0) is 67.5 Å². The lowest BCUT2D eigenvalue weighted by atomic mass is 9.90. The van der Waals surface area contributed by atoms with E-state index in [0.717, 1.165) is 31.4 Å². The second kappa shape index (κ2) is 8.00. The van der Waals surface area contributed by atoms with Gasteiger partial charge in [-0.2, -0.15) is 0 Å². The highest BCUT2D eigenvalue weighted by Crippen LogP contribution is 2.22. The lowest BCUT2D eigenvalue weighted by molar-refractivity contribution is 0.0953. The van der Waals surface area contributed by atoms with Gasteiger partial charge in [-0.25, -0.2) is 0 Å². The molecule has 126 valence electrons. The maximum Gasteiger partial charge on any atom is 0.251 e. The number of fused-ring (bicyclic) bond motifs is 1. The molecule has 0 saturated carbocycles. The zero-order valence-electron chi connectivity index (χ0n) is 14.4. The normalized spacial score (nSPS) is 13.2. The molecule has 2 aromatic carbocycles. The average Bonchev–Trinajstić information content (AvgIpc) is 2.65. The maximum atomic E-state index is 12.3. The minimum absolute atomic E-state index is 0.0470. The summed E-state index contributed by atoms with van der Waals surface area (Å²) in [5.41, 5.74) is 4.78. The van der Waals surface area contributed by atoms with Crippen LogP contribution >= 0.6 is 0 Å². The topological polar surface area (TPSA) is 32.3 Å². The van der Waals surface area contributed by atoms with E-state index >= 15 is 0 Å². The van der Waals surface area contributed by atoms with Crippen molar-refractivity contribution < 1.29 is 4.79 Å². The summed E-state index contributed by atoms with van der Waals surface area (Å²) in [6.45, 7) is 1.63. The fraction of sp³-hybridized carbons (Fsp3) is 0.381. The van der Waals surface area contributed by atoms with Gasteiger partial charge in [-0.3, -0.25) is 4.79 Å². The Bertz CT molecular complexity index is 681. The molecule has 0 heterocycles. The van der Waals surface area contributed by atoms with Crippen molar-refractivity contribution in [3.05, 3.63) is 65.2 Å². The number of carbonyl (C=O) groups excluding carboxylic acids is 1. The van der Waals surface area contributed by atoms with E-state index in [1.54, 1.807) is 0 Å². The fourth-order valence-corrected chi connectivity index (χ4v) is 3.31. The molecule has 2 aromatic rings. The fourth-order valence-electron chi connectivity index (χ4n) is 3.31. The van der Waals surface area contributed by atoms with Gasteiger partial charge in [0.05, 0.1) is 0 Å². The number of hydrogen-bond donors (Lipinski definition) is 1. The van der Waals surface area contributed by atoms with Crippen molar-refractivity contribution in [1.29, 1.82) is 0 Å². The van der Waals surface area contributed by atoms with Gasteiger partial charge in [0.25, 0.3) is 5.91 Å². The Kier molecular flexibility index (Phi) is 5.52. The van der Waals surface area contributed by atoms with Crippen LogP contribution in [0.3, 0.4) is 0 Å². The summed E-state index contributed by atoms with van der Waals surface area (Å²) in [5.74, 6) is 0.0470. The third-order valence-corrected chi connectivity index (χ3v) is 4.76. The lowest BCUT2D eigenvalue weighted by Crippen LogP contribution is -2.28. The van der Waals surface area contributed by atoms with Crippen LogP contribution in [0.5, 0.6) is 0 Å². The molecule has 24 heavy (non-hydrogen) atoms. The van der Waals surface area contributed by atoms with Gasteiger partial charge in [-0.15, -0.1) is 0 Å². The van der Waals surface area contributed by atoms with Crippen LogP contribution in [0.2, 0.25) is 0 Å². The minimum Gasteiger partial charge on any atom is -0.375 e. The number of aryl methyl sites for hydroxylation is 2. The number of anilines is 1. The Labute approximate surface area is 144 Å². The highest BCUT2D eigenvalue weighted by Gasteiger charge is 2.12. The third kappa shape index (κ3) is 4.16. The average molecular weight is 322 g/mol. The molecule has 3 rings (SSSR count). The molecule has 3 heteroatoms. The molecule has 0 saturated heterocycles. The van der Waals surface area contributed by atoms with Crippen LogP contribution in [0.4, 0.5) is 5.69 Å². The van der Waals surface area contributed by atoms with Crippen LogP contribution in [0, 0.1) is 0 Å². The van der Waals surface area contributed by atoms with Crippen molar-refractivity contribution in [3.63, 3.8) is 0 Å². The number of nitrogens with one attached hydrogen (secondary N) is 1. The van der Waals surface area contributed by atoms with E-state index < -0.39 is 0 Å². The van der Waals surface area contributed by atoms with E-state index in [2.05, 4.69) is 41.5 Å². The highest BCUT2D eigenvalue weighted by atomic mass is 16.1. The van der Waals surface area contributed by atoms with Crippen molar-refractivity contribution in [1.82, 2.24) is 5.32 Å². The summed E-state index contributed by atoms with van der Waals surface area (Å²) in [6.07, 6.45) is 5.71. The molecular formula is C21H26N2O. The van der Waals surface area contributed by atoms with Gasteiger partial charge in [0.15, 0.2) is 0 Å². The Morgan fingerprint density at radius 2 is 1.79 bits per heavy atom. The zero-order valence-corrected chi connectivity index (χ0v) is 14.4. The lowest BCUT2D eigenvalue weighted by Gasteiger charge is -2.19. The van der Waals surface area contributed by atoms with Gasteiger partial charge < -0.3 is 10.2 Å². The number of amides is 1. The summed E-state index contributed by atoms with van der Waals surface area (Å²) in [7, 11) is 2.08. The van der Waals surface area contributed by atoms with E-state index in [-0.39, 0.29) is 5.91 Å². The first-order chi connectivity index (χ1) is 11.7. The first-order valence-electron chi connectivity index (χ1n) is 8.90. The second-order valence-corrected chi connectivity index (χ2v) is 6.56. The summed E-state index contributed by atoms with van der Waals surface area (Å²) in [5, 5.41) is 3.05. The summed E-state index contributed by atoms with van der Waals surface area (Å²) < 4.78 is 0. The molecule has 0 fully saturated rings.